The number of aliphatic carboxylic acids is 1. The van der Waals surface area contributed by atoms with Crippen LogP contribution >= 0.6 is 0 Å². The molecule has 2 aromatic rings. The second kappa shape index (κ2) is 4.87. The third kappa shape index (κ3) is 2.00. The molecule has 0 saturated heterocycles. The van der Waals surface area contributed by atoms with Gasteiger partial charge in [-0.15, -0.1) is 0 Å². The standard InChI is InChI=1S/C17H19NO4/c1-9-5-6-10(2)13-12(9)11(3)14(22-13)15(19)18-17(16(20)21)7-4-8-17/h5-6H,4,7-8H2,1-3H3,(H,18,19)(H,20,21). The largest absolute Gasteiger partial charge is 0.480 e. The number of benzene rings is 1. The van der Waals surface area contributed by atoms with E-state index in [9.17, 15) is 14.7 Å². The molecule has 1 fully saturated rings. The number of hydrogen-bond acceptors (Lipinski definition) is 3. The maximum absolute atomic E-state index is 12.5. The molecule has 5 nitrogen and oxygen atoms in total. The van der Waals surface area contributed by atoms with Gasteiger partial charge >= 0.3 is 5.97 Å². The minimum absolute atomic E-state index is 0.208. The summed E-state index contributed by atoms with van der Waals surface area (Å²) >= 11 is 0. The zero-order valence-corrected chi connectivity index (χ0v) is 12.9. The summed E-state index contributed by atoms with van der Waals surface area (Å²) in [5.74, 6) is -1.22. The molecule has 5 heteroatoms. The van der Waals surface area contributed by atoms with Crippen LogP contribution in [-0.2, 0) is 4.79 Å². The molecule has 0 spiro atoms. The van der Waals surface area contributed by atoms with Crippen LogP contribution in [0.3, 0.4) is 0 Å². The predicted molar refractivity (Wildman–Crippen MR) is 82.1 cm³/mol. The summed E-state index contributed by atoms with van der Waals surface area (Å²) in [7, 11) is 0. The van der Waals surface area contributed by atoms with Crippen molar-refractivity contribution in [2.45, 2.75) is 45.6 Å². The maximum Gasteiger partial charge on any atom is 0.329 e. The van der Waals surface area contributed by atoms with E-state index in [-0.39, 0.29) is 5.76 Å². The summed E-state index contributed by atoms with van der Waals surface area (Å²) in [5.41, 5.74) is 2.32. The Morgan fingerprint density at radius 1 is 1.18 bits per heavy atom. The molecule has 0 radical (unpaired) electrons. The van der Waals surface area contributed by atoms with Crippen LogP contribution in [0.15, 0.2) is 16.5 Å². The van der Waals surface area contributed by atoms with Crippen LogP contribution in [-0.4, -0.2) is 22.5 Å². The Morgan fingerprint density at radius 3 is 2.32 bits per heavy atom. The Balaban J connectivity index is 2.02. The van der Waals surface area contributed by atoms with Crippen LogP contribution in [0.1, 0.15) is 46.5 Å². The number of hydrogen-bond donors (Lipinski definition) is 2. The Kier molecular flexibility index (Phi) is 3.24. The number of carboxylic acids is 1. The lowest BCUT2D eigenvalue weighted by Gasteiger charge is -2.37. The molecule has 0 aliphatic heterocycles. The summed E-state index contributed by atoms with van der Waals surface area (Å²) in [6, 6.07) is 3.94. The van der Waals surface area contributed by atoms with Crippen LogP contribution in [0.4, 0.5) is 0 Å². The van der Waals surface area contributed by atoms with E-state index in [4.69, 9.17) is 4.42 Å². The third-order valence-corrected chi connectivity index (χ3v) is 4.66. The topological polar surface area (TPSA) is 79.5 Å². The summed E-state index contributed by atoms with van der Waals surface area (Å²) in [4.78, 5) is 23.9. The van der Waals surface area contributed by atoms with E-state index >= 15 is 0 Å². The molecular weight excluding hydrogens is 282 g/mol. The molecule has 3 rings (SSSR count). The first-order chi connectivity index (χ1) is 10.4. The Bertz CT molecular complexity index is 784. The molecule has 1 heterocycles. The minimum atomic E-state index is -1.13. The van der Waals surface area contributed by atoms with Gasteiger partial charge in [0.25, 0.3) is 5.91 Å². The van der Waals surface area contributed by atoms with E-state index in [1.165, 1.54) is 0 Å². The highest BCUT2D eigenvalue weighted by atomic mass is 16.4. The van der Waals surface area contributed by atoms with Gasteiger partial charge < -0.3 is 14.8 Å². The molecule has 0 bridgehead atoms. The monoisotopic (exact) mass is 301 g/mol. The fourth-order valence-corrected chi connectivity index (χ4v) is 3.09. The van der Waals surface area contributed by atoms with Crippen molar-refractivity contribution < 1.29 is 19.1 Å². The number of nitrogens with one attached hydrogen (secondary N) is 1. The molecule has 1 aromatic heterocycles. The van der Waals surface area contributed by atoms with Gasteiger partial charge in [0.15, 0.2) is 5.76 Å². The van der Waals surface area contributed by atoms with Crippen LogP contribution in [0.25, 0.3) is 11.0 Å². The van der Waals surface area contributed by atoms with Gasteiger partial charge in [0.1, 0.15) is 11.1 Å². The number of fused-ring (bicyclic) bond motifs is 1. The molecule has 22 heavy (non-hydrogen) atoms. The first-order valence-electron chi connectivity index (χ1n) is 7.41. The molecular formula is C17H19NO4. The second-order valence-electron chi connectivity index (χ2n) is 6.15. The van der Waals surface area contributed by atoms with E-state index in [0.29, 0.717) is 18.4 Å². The van der Waals surface area contributed by atoms with Crippen molar-refractivity contribution >= 4 is 22.8 Å². The highest BCUT2D eigenvalue weighted by Crippen LogP contribution is 2.34. The van der Waals surface area contributed by atoms with Gasteiger partial charge in [-0.05, 0) is 51.2 Å². The van der Waals surface area contributed by atoms with Crippen molar-refractivity contribution in [2.75, 3.05) is 0 Å². The molecule has 0 unspecified atom stereocenters. The lowest BCUT2D eigenvalue weighted by atomic mass is 9.76. The number of carbonyl (C=O) groups is 2. The number of carbonyl (C=O) groups excluding carboxylic acids is 1. The summed E-state index contributed by atoms with van der Waals surface area (Å²) in [5, 5.41) is 12.9. The molecule has 1 saturated carbocycles. The third-order valence-electron chi connectivity index (χ3n) is 4.66. The fraction of sp³-hybridized carbons (Fsp3) is 0.412. The van der Waals surface area contributed by atoms with Gasteiger partial charge in [0.05, 0.1) is 0 Å². The molecule has 1 aromatic carbocycles. The van der Waals surface area contributed by atoms with Crippen LogP contribution in [0, 0.1) is 20.8 Å². The van der Waals surface area contributed by atoms with Crippen molar-refractivity contribution in [3.05, 3.63) is 34.6 Å². The zero-order valence-electron chi connectivity index (χ0n) is 12.9. The molecule has 0 atom stereocenters. The molecule has 2 N–H and O–H groups in total. The van der Waals surface area contributed by atoms with Gasteiger partial charge in [0, 0.05) is 10.9 Å². The van der Waals surface area contributed by atoms with Gasteiger partial charge in [-0.25, -0.2) is 4.79 Å². The quantitative estimate of drug-likeness (QED) is 0.913. The first kappa shape index (κ1) is 14.6. The number of furan rings is 1. The van der Waals surface area contributed by atoms with Crippen molar-refractivity contribution in [1.82, 2.24) is 5.32 Å². The normalized spacial score (nSPS) is 16.3. The minimum Gasteiger partial charge on any atom is -0.480 e. The number of carboxylic acid groups (broad SMARTS) is 1. The average molecular weight is 301 g/mol. The SMILES string of the molecule is Cc1ccc(C)c2c(C)c(C(=O)NC3(C(=O)O)CCC3)oc12. The molecule has 1 aliphatic carbocycles. The Morgan fingerprint density at radius 2 is 1.82 bits per heavy atom. The van der Waals surface area contributed by atoms with Crippen LogP contribution in [0.5, 0.6) is 0 Å². The smallest absolute Gasteiger partial charge is 0.329 e. The van der Waals surface area contributed by atoms with Gasteiger partial charge in [-0.3, -0.25) is 4.79 Å². The highest BCUT2D eigenvalue weighted by molar-refractivity contribution is 6.02. The number of amides is 1. The van der Waals surface area contributed by atoms with Crippen molar-refractivity contribution in [3.63, 3.8) is 0 Å². The Hall–Kier alpha value is -2.30. The highest BCUT2D eigenvalue weighted by Gasteiger charge is 2.46. The van der Waals surface area contributed by atoms with Gasteiger partial charge in [-0.2, -0.15) is 0 Å². The van der Waals surface area contributed by atoms with Crippen molar-refractivity contribution in [1.29, 1.82) is 0 Å². The molecule has 1 aliphatic rings. The van der Waals surface area contributed by atoms with E-state index in [1.807, 2.05) is 32.9 Å². The van der Waals surface area contributed by atoms with Crippen LogP contribution in [0.2, 0.25) is 0 Å². The summed E-state index contributed by atoms with van der Waals surface area (Å²) in [6.45, 7) is 5.73. The number of rotatable bonds is 3. The van der Waals surface area contributed by atoms with Crippen LogP contribution < -0.4 is 5.32 Å². The van der Waals surface area contributed by atoms with Gasteiger partial charge in [0.2, 0.25) is 0 Å². The Labute approximate surface area is 128 Å². The van der Waals surface area contributed by atoms with E-state index in [1.54, 1.807) is 0 Å². The van der Waals surface area contributed by atoms with E-state index in [0.717, 1.165) is 28.5 Å². The average Bonchev–Trinajstić information content (AvgIpc) is 2.77. The second-order valence-corrected chi connectivity index (χ2v) is 6.15. The summed E-state index contributed by atoms with van der Waals surface area (Å²) in [6.07, 6.45) is 1.74. The van der Waals surface area contributed by atoms with Crippen molar-refractivity contribution in [3.8, 4) is 0 Å². The lowest BCUT2D eigenvalue weighted by molar-refractivity contribution is -0.148. The molecule has 116 valence electrons. The van der Waals surface area contributed by atoms with Gasteiger partial charge in [-0.1, -0.05) is 12.1 Å². The summed E-state index contributed by atoms with van der Waals surface area (Å²) < 4.78 is 5.76. The predicted octanol–water partition coefficient (Wildman–Crippen LogP) is 3.10. The maximum atomic E-state index is 12.5. The lowest BCUT2D eigenvalue weighted by Crippen LogP contribution is -2.59. The first-order valence-corrected chi connectivity index (χ1v) is 7.41. The van der Waals surface area contributed by atoms with E-state index in [2.05, 4.69) is 5.32 Å². The van der Waals surface area contributed by atoms with E-state index < -0.39 is 17.4 Å². The van der Waals surface area contributed by atoms with Crippen molar-refractivity contribution in [2.24, 2.45) is 0 Å². The molecule has 1 amide bonds. The number of aryl methyl sites for hydroxylation is 3. The zero-order chi connectivity index (χ0) is 16.1. The fourth-order valence-electron chi connectivity index (χ4n) is 3.09.